The molecule has 0 amide bonds. The van der Waals surface area contributed by atoms with Gasteiger partial charge in [0, 0.05) is 20.1 Å². The van der Waals surface area contributed by atoms with Gasteiger partial charge in [-0.05, 0) is 25.1 Å². The fourth-order valence-electron chi connectivity index (χ4n) is 0.979. The Morgan fingerprint density at radius 1 is 1.69 bits per heavy atom. The van der Waals surface area contributed by atoms with Crippen molar-refractivity contribution < 1.29 is 0 Å². The molecule has 0 fully saturated rings. The summed E-state index contributed by atoms with van der Waals surface area (Å²) in [6, 6.07) is 0. The van der Waals surface area contributed by atoms with E-state index in [-0.39, 0.29) is 0 Å². The summed E-state index contributed by atoms with van der Waals surface area (Å²) in [6.07, 6.45) is 2.26. The number of hydrogen-bond donors (Lipinski definition) is 3. The maximum Gasteiger partial charge on any atom is 0.210 e. The highest BCUT2D eigenvalue weighted by molar-refractivity contribution is 7.80. The van der Waals surface area contributed by atoms with Crippen molar-refractivity contribution in [3.63, 3.8) is 0 Å². The third-order valence-electron chi connectivity index (χ3n) is 1.75. The third-order valence-corrected chi connectivity index (χ3v) is 2.03. The molecule has 5 nitrogen and oxygen atoms in total. The van der Waals surface area contributed by atoms with E-state index in [1.54, 1.807) is 12.1 Å². The molecule has 6 heteroatoms. The number of aliphatic imine (C=N–C) groups is 1. The van der Waals surface area contributed by atoms with Crippen LogP contribution in [0.15, 0.2) is 4.99 Å². The van der Waals surface area contributed by atoms with E-state index in [1.807, 2.05) is 0 Å². The van der Waals surface area contributed by atoms with Gasteiger partial charge in [0.25, 0.3) is 0 Å². The highest BCUT2D eigenvalue weighted by atomic mass is 32.1. The molecule has 0 bridgehead atoms. The lowest BCUT2D eigenvalue weighted by molar-refractivity contribution is 0.451. The number of rotatable bonds is 0. The Bertz CT molecular complexity index is 215. The zero-order valence-electron chi connectivity index (χ0n) is 7.71. The Labute approximate surface area is 83.3 Å². The summed E-state index contributed by atoms with van der Waals surface area (Å²) >= 11 is 4.78. The first-order valence-corrected chi connectivity index (χ1v) is 4.69. The predicted molar refractivity (Wildman–Crippen MR) is 57.2 cm³/mol. The SMILES string of the molecule is CN(NC1=NCCCCN1)C(N)=S. The Morgan fingerprint density at radius 3 is 3.15 bits per heavy atom. The molecular formula is C7H15N5S. The first-order valence-electron chi connectivity index (χ1n) is 4.28. The molecule has 0 saturated carbocycles. The molecule has 1 aliphatic rings. The van der Waals surface area contributed by atoms with Crippen LogP contribution in [-0.4, -0.2) is 36.2 Å². The summed E-state index contributed by atoms with van der Waals surface area (Å²) in [6.45, 7) is 1.79. The monoisotopic (exact) mass is 201 g/mol. The van der Waals surface area contributed by atoms with Gasteiger partial charge in [0.2, 0.25) is 5.96 Å². The largest absolute Gasteiger partial charge is 0.375 e. The fourth-order valence-corrected chi connectivity index (χ4v) is 1.02. The molecule has 0 spiro atoms. The van der Waals surface area contributed by atoms with Crippen molar-refractivity contribution >= 4 is 23.3 Å². The first kappa shape index (κ1) is 10.0. The number of hydrogen-bond acceptors (Lipinski definition) is 4. The van der Waals surface area contributed by atoms with Gasteiger partial charge in [0.05, 0.1) is 0 Å². The van der Waals surface area contributed by atoms with Crippen LogP contribution in [0.1, 0.15) is 12.8 Å². The minimum absolute atomic E-state index is 0.300. The molecule has 1 heterocycles. The van der Waals surface area contributed by atoms with Crippen LogP contribution in [0.3, 0.4) is 0 Å². The van der Waals surface area contributed by atoms with E-state index < -0.39 is 0 Å². The second kappa shape index (κ2) is 4.86. The van der Waals surface area contributed by atoms with Gasteiger partial charge in [-0.3, -0.25) is 15.4 Å². The van der Waals surface area contributed by atoms with Crippen molar-refractivity contribution in [3.05, 3.63) is 0 Å². The summed E-state index contributed by atoms with van der Waals surface area (Å²) in [7, 11) is 1.76. The first-order chi connectivity index (χ1) is 6.20. The standard InChI is InChI=1S/C7H15N5S/c1-12(6(8)13)11-7-9-4-2-3-5-10-7/h2-5H2,1H3,(H2,8,13)(H2,9,10,11). The minimum atomic E-state index is 0.300. The Kier molecular flexibility index (Phi) is 3.75. The van der Waals surface area contributed by atoms with E-state index in [0.29, 0.717) is 5.11 Å². The Hall–Kier alpha value is -1.04. The molecule has 0 radical (unpaired) electrons. The number of nitrogens with one attached hydrogen (secondary N) is 2. The topological polar surface area (TPSA) is 65.7 Å². The molecule has 1 aliphatic heterocycles. The summed E-state index contributed by atoms with van der Waals surface area (Å²) < 4.78 is 0. The zero-order valence-corrected chi connectivity index (χ0v) is 8.52. The van der Waals surface area contributed by atoms with E-state index >= 15 is 0 Å². The molecule has 13 heavy (non-hydrogen) atoms. The van der Waals surface area contributed by atoms with Crippen LogP contribution in [0, 0.1) is 0 Å². The maximum atomic E-state index is 5.40. The fraction of sp³-hybridized carbons (Fsp3) is 0.714. The number of nitrogens with two attached hydrogens (primary N) is 1. The van der Waals surface area contributed by atoms with Gasteiger partial charge in [0.15, 0.2) is 5.11 Å². The second-order valence-corrected chi connectivity index (χ2v) is 3.29. The van der Waals surface area contributed by atoms with Crippen molar-refractivity contribution in [2.24, 2.45) is 10.7 Å². The highest BCUT2D eigenvalue weighted by Crippen LogP contribution is 1.92. The maximum absolute atomic E-state index is 5.40. The summed E-state index contributed by atoms with van der Waals surface area (Å²) in [4.78, 5) is 4.28. The molecule has 0 aliphatic carbocycles. The lowest BCUT2D eigenvalue weighted by Crippen LogP contribution is -2.50. The van der Waals surface area contributed by atoms with Crippen molar-refractivity contribution in [3.8, 4) is 0 Å². The summed E-state index contributed by atoms with van der Waals surface area (Å²) in [5.41, 5.74) is 8.37. The van der Waals surface area contributed by atoms with Crippen LogP contribution >= 0.6 is 12.2 Å². The molecular weight excluding hydrogens is 186 g/mol. The van der Waals surface area contributed by atoms with Gasteiger partial charge in [-0.15, -0.1) is 0 Å². The Morgan fingerprint density at radius 2 is 2.46 bits per heavy atom. The van der Waals surface area contributed by atoms with Gasteiger partial charge in [-0.1, -0.05) is 0 Å². The molecule has 0 aromatic carbocycles. The second-order valence-electron chi connectivity index (χ2n) is 2.87. The number of hydrazine groups is 1. The van der Waals surface area contributed by atoms with E-state index in [0.717, 1.165) is 31.9 Å². The van der Waals surface area contributed by atoms with E-state index in [4.69, 9.17) is 18.0 Å². The minimum Gasteiger partial charge on any atom is -0.375 e. The quantitative estimate of drug-likeness (QED) is 0.361. The number of thiocarbonyl (C=S) groups is 1. The lowest BCUT2D eigenvalue weighted by atomic mass is 10.3. The van der Waals surface area contributed by atoms with Crippen molar-refractivity contribution in [1.29, 1.82) is 0 Å². The molecule has 0 aromatic heterocycles. The summed E-state index contributed by atoms with van der Waals surface area (Å²) in [5.74, 6) is 0.743. The average molecular weight is 201 g/mol. The normalized spacial score (nSPS) is 16.5. The molecule has 4 N–H and O–H groups in total. The van der Waals surface area contributed by atoms with Gasteiger partial charge in [0.1, 0.15) is 0 Å². The van der Waals surface area contributed by atoms with Gasteiger partial charge in [-0.2, -0.15) is 0 Å². The molecule has 0 aromatic rings. The predicted octanol–water partition coefficient (Wildman–Crippen LogP) is -0.594. The molecule has 0 unspecified atom stereocenters. The van der Waals surface area contributed by atoms with Crippen LogP contribution in [0.4, 0.5) is 0 Å². The smallest absolute Gasteiger partial charge is 0.210 e. The number of nitrogens with zero attached hydrogens (tertiary/aromatic N) is 2. The average Bonchev–Trinajstić information content (AvgIpc) is 2.32. The van der Waals surface area contributed by atoms with Crippen LogP contribution < -0.4 is 16.5 Å². The molecule has 0 atom stereocenters. The molecule has 0 saturated heterocycles. The molecule has 74 valence electrons. The van der Waals surface area contributed by atoms with E-state index in [1.165, 1.54) is 0 Å². The number of guanidine groups is 1. The van der Waals surface area contributed by atoms with Gasteiger partial charge in [-0.25, -0.2) is 0 Å². The van der Waals surface area contributed by atoms with Crippen molar-refractivity contribution in [2.45, 2.75) is 12.8 Å². The van der Waals surface area contributed by atoms with Crippen molar-refractivity contribution in [2.75, 3.05) is 20.1 Å². The third kappa shape index (κ3) is 3.45. The van der Waals surface area contributed by atoms with Gasteiger partial charge < -0.3 is 11.1 Å². The highest BCUT2D eigenvalue weighted by Gasteiger charge is 2.05. The molecule has 1 rings (SSSR count). The van der Waals surface area contributed by atoms with Crippen LogP contribution in [0.25, 0.3) is 0 Å². The summed E-state index contributed by atoms with van der Waals surface area (Å²) in [5, 5.41) is 5.01. The van der Waals surface area contributed by atoms with Crippen LogP contribution in [0.2, 0.25) is 0 Å². The van der Waals surface area contributed by atoms with Crippen LogP contribution in [-0.2, 0) is 0 Å². The van der Waals surface area contributed by atoms with Gasteiger partial charge >= 0.3 is 0 Å². The van der Waals surface area contributed by atoms with Crippen LogP contribution in [0.5, 0.6) is 0 Å². The van der Waals surface area contributed by atoms with E-state index in [9.17, 15) is 0 Å². The Balaban J connectivity index is 2.42. The zero-order chi connectivity index (χ0) is 9.68. The lowest BCUT2D eigenvalue weighted by Gasteiger charge is -2.20. The van der Waals surface area contributed by atoms with E-state index in [2.05, 4.69) is 15.7 Å². The van der Waals surface area contributed by atoms with Crippen molar-refractivity contribution in [1.82, 2.24) is 15.8 Å².